The Hall–Kier alpha value is -4.07. The Bertz CT molecular complexity index is 1260. The lowest BCUT2D eigenvalue weighted by Crippen LogP contribution is -2.38. The first kappa shape index (κ1) is 20.2. The highest BCUT2D eigenvalue weighted by Crippen LogP contribution is 2.21. The molecule has 0 aliphatic carbocycles. The summed E-state index contributed by atoms with van der Waals surface area (Å²) in [7, 11) is 1.56. The van der Waals surface area contributed by atoms with Crippen LogP contribution in [0.2, 0.25) is 0 Å². The number of benzene rings is 2. The Labute approximate surface area is 177 Å². The molecule has 0 fully saturated rings. The predicted octanol–water partition coefficient (Wildman–Crippen LogP) is 2.11. The van der Waals surface area contributed by atoms with E-state index in [1.807, 2.05) is 36.4 Å². The average Bonchev–Trinajstić information content (AvgIpc) is 2.81. The minimum atomic E-state index is -0.603. The lowest BCUT2D eigenvalue weighted by molar-refractivity contribution is -0.140. The standard InChI is InChI=1S/C23H20N2O6/c1-29-18-9-5-8-16(10-18)13-31-22(27)17-11-19-20(30-14-17)24-23(28)25(21(19)26)12-15-6-3-2-4-7-15/h2-11H,12-14H2,1H3,(H,24,28). The fourth-order valence-electron chi connectivity index (χ4n) is 3.20. The summed E-state index contributed by atoms with van der Waals surface area (Å²) in [4.78, 5) is 40.3. The van der Waals surface area contributed by atoms with Gasteiger partial charge >= 0.3 is 11.7 Å². The monoisotopic (exact) mass is 420 g/mol. The van der Waals surface area contributed by atoms with Gasteiger partial charge in [-0.15, -0.1) is 0 Å². The second kappa shape index (κ2) is 8.74. The predicted molar refractivity (Wildman–Crippen MR) is 113 cm³/mol. The largest absolute Gasteiger partial charge is 0.497 e. The smallest absolute Gasteiger partial charge is 0.337 e. The molecular weight excluding hydrogens is 400 g/mol. The van der Waals surface area contributed by atoms with E-state index in [9.17, 15) is 14.4 Å². The highest BCUT2D eigenvalue weighted by Gasteiger charge is 2.23. The molecule has 1 aliphatic rings. The third-order valence-electron chi connectivity index (χ3n) is 4.83. The van der Waals surface area contributed by atoms with Crippen LogP contribution < -0.4 is 20.7 Å². The molecule has 31 heavy (non-hydrogen) atoms. The summed E-state index contributed by atoms with van der Waals surface area (Å²) in [6.07, 6.45) is 1.41. The maximum absolute atomic E-state index is 12.9. The average molecular weight is 420 g/mol. The number of ether oxygens (including phenoxy) is 3. The molecule has 158 valence electrons. The first-order valence-electron chi connectivity index (χ1n) is 9.59. The van der Waals surface area contributed by atoms with Gasteiger partial charge in [0, 0.05) is 0 Å². The van der Waals surface area contributed by atoms with Crippen LogP contribution in [0.1, 0.15) is 16.7 Å². The molecular formula is C23H20N2O6. The van der Waals surface area contributed by atoms with Crippen LogP contribution in [0.4, 0.5) is 0 Å². The Morgan fingerprint density at radius 2 is 1.87 bits per heavy atom. The van der Waals surface area contributed by atoms with E-state index in [0.717, 1.165) is 15.7 Å². The Balaban J connectivity index is 1.56. The molecule has 1 N–H and O–H groups in total. The van der Waals surface area contributed by atoms with Crippen molar-refractivity contribution < 1.29 is 19.0 Å². The number of hydrogen-bond acceptors (Lipinski definition) is 6. The summed E-state index contributed by atoms with van der Waals surface area (Å²) in [6, 6.07) is 16.3. The van der Waals surface area contributed by atoms with E-state index in [-0.39, 0.29) is 36.8 Å². The van der Waals surface area contributed by atoms with Crippen molar-refractivity contribution in [2.75, 3.05) is 13.7 Å². The van der Waals surface area contributed by atoms with Crippen LogP contribution in [-0.4, -0.2) is 29.2 Å². The number of fused-ring (bicyclic) bond motifs is 1. The highest BCUT2D eigenvalue weighted by atomic mass is 16.5. The van der Waals surface area contributed by atoms with Gasteiger partial charge in [-0.3, -0.25) is 14.3 Å². The van der Waals surface area contributed by atoms with Gasteiger partial charge in [-0.25, -0.2) is 9.59 Å². The number of aromatic nitrogens is 2. The first-order chi connectivity index (χ1) is 15.0. The SMILES string of the molecule is COc1cccc(COC(=O)C2=Cc3c([nH]c(=O)n(Cc4ccccc4)c3=O)OC2)c1. The molecule has 8 nitrogen and oxygen atoms in total. The lowest BCUT2D eigenvalue weighted by atomic mass is 10.1. The molecule has 2 heterocycles. The van der Waals surface area contributed by atoms with Crippen LogP contribution in [0.15, 0.2) is 69.8 Å². The van der Waals surface area contributed by atoms with Gasteiger partial charge in [-0.1, -0.05) is 42.5 Å². The molecule has 4 rings (SSSR count). The van der Waals surface area contributed by atoms with E-state index in [1.165, 1.54) is 6.08 Å². The third-order valence-corrected chi connectivity index (χ3v) is 4.83. The molecule has 0 atom stereocenters. The maximum atomic E-state index is 12.9. The van der Waals surface area contributed by atoms with Gasteiger partial charge in [0.2, 0.25) is 5.88 Å². The summed E-state index contributed by atoms with van der Waals surface area (Å²) < 4.78 is 17.0. The number of aromatic amines is 1. The Morgan fingerprint density at radius 3 is 2.65 bits per heavy atom. The van der Waals surface area contributed by atoms with Crippen molar-refractivity contribution in [1.29, 1.82) is 0 Å². The van der Waals surface area contributed by atoms with Crippen molar-refractivity contribution in [3.8, 4) is 11.6 Å². The zero-order chi connectivity index (χ0) is 21.8. The number of rotatable bonds is 6. The molecule has 0 bridgehead atoms. The van der Waals surface area contributed by atoms with Gasteiger partial charge < -0.3 is 14.2 Å². The fraction of sp³-hybridized carbons (Fsp3) is 0.174. The van der Waals surface area contributed by atoms with Crippen molar-refractivity contribution in [1.82, 2.24) is 9.55 Å². The zero-order valence-electron chi connectivity index (χ0n) is 16.8. The summed E-state index contributed by atoms with van der Waals surface area (Å²) in [5.74, 6) is 0.1000. The van der Waals surface area contributed by atoms with Crippen LogP contribution in [0.3, 0.4) is 0 Å². The van der Waals surface area contributed by atoms with E-state index in [0.29, 0.717) is 5.75 Å². The number of carbonyl (C=O) groups excluding carboxylic acids is 1. The molecule has 3 aromatic rings. The molecule has 1 aliphatic heterocycles. The Kier molecular flexibility index (Phi) is 5.70. The fourth-order valence-corrected chi connectivity index (χ4v) is 3.20. The van der Waals surface area contributed by atoms with Gasteiger partial charge in [-0.2, -0.15) is 0 Å². The molecule has 0 spiro atoms. The maximum Gasteiger partial charge on any atom is 0.337 e. The highest BCUT2D eigenvalue weighted by molar-refractivity contribution is 5.95. The van der Waals surface area contributed by atoms with Crippen LogP contribution in [0.25, 0.3) is 6.08 Å². The second-order valence-corrected chi connectivity index (χ2v) is 6.94. The first-order valence-corrected chi connectivity index (χ1v) is 9.59. The summed E-state index contributed by atoms with van der Waals surface area (Å²) in [5, 5.41) is 0. The Morgan fingerprint density at radius 1 is 1.10 bits per heavy atom. The molecule has 8 heteroatoms. The lowest BCUT2D eigenvalue weighted by Gasteiger charge is -2.17. The number of nitrogens with zero attached hydrogens (tertiary/aromatic N) is 1. The summed E-state index contributed by atoms with van der Waals surface area (Å²) >= 11 is 0. The van der Waals surface area contributed by atoms with Gasteiger partial charge in [0.25, 0.3) is 5.56 Å². The third kappa shape index (κ3) is 4.42. The number of H-pyrrole nitrogens is 1. The van der Waals surface area contributed by atoms with E-state index in [2.05, 4.69) is 4.98 Å². The molecule has 0 unspecified atom stereocenters. The van der Waals surface area contributed by atoms with Crippen LogP contribution in [-0.2, 0) is 22.7 Å². The van der Waals surface area contributed by atoms with Crippen LogP contribution in [0, 0.1) is 0 Å². The minimum absolute atomic E-state index is 0.0451. The van der Waals surface area contributed by atoms with Crippen molar-refractivity contribution >= 4 is 12.0 Å². The van der Waals surface area contributed by atoms with Crippen molar-refractivity contribution in [2.24, 2.45) is 0 Å². The van der Waals surface area contributed by atoms with E-state index >= 15 is 0 Å². The minimum Gasteiger partial charge on any atom is -0.497 e. The molecule has 2 aromatic carbocycles. The molecule has 0 radical (unpaired) electrons. The quantitative estimate of drug-likeness (QED) is 0.613. The second-order valence-electron chi connectivity index (χ2n) is 6.94. The molecule has 0 saturated carbocycles. The van der Waals surface area contributed by atoms with Crippen LogP contribution in [0.5, 0.6) is 11.6 Å². The molecule has 0 amide bonds. The number of carbonyl (C=O) groups is 1. The molecule has 0 saturated heterocycles. The van der Waals surface area contributed by atoms with Crippen molar-refractivity contribution in [2.45, 2.75) is 13.2 Å². The topological polar surface area (TPSA) is 99.6 Å². The zero-order valence-corrected chi connectivity index (χ0v) is 16.8. The number of methoxy groups -OCH3 is 1. The van der Waals surface area contributed by atoms with Gasteiger partial charge in [-0.05, 0) is 29.3 Å². The number of esters is 1. The van der Waals surface area contributed by atoms with Gasteiger partial charge in [0.15, 0.2) is 0 Å². The van der Waals surface area contributed by atoms with Crippen molar-refractivity contribution in [3.05, 3.63) is 97.7 Å². The van der Waals surface area contributed by atoms with Gasteiger partial charge in [0.05, 0.1) is 19.2 Å². The van der Waals surface area contributed by atoms with E-state index in [1.54, 1.807) is 25.3 Å². The van der Waals surface area contributed by atoms with Crippen molar-refractivity contribution in [3.63, 3.8) is 0 Å². The van der Waals surface area contributed by atoms with Gasteiger partial charge in [0.1, 0.15) is 24.5 Å². The molecule has 1 aromatic heterocycles. The van der Waals surface area contributed by atoms with E-state index in [4.69, 9.17) is 14.2 Å². The summed E-state index contributed by atoms with van der Waals surface area (Å²) in [5.41, 5.74) is 0.736. The number of nitrogens with one attached hydrogen (secondary N) is 1. The van der Waals surface area contributed by atoms with Crippen LogP contribution >= 0.6 is 0 Å². The number of hydrogen-bond donors (Lipinski definition) is 1. The summed E-state index contributed by atoms with van der Waals surface area (Å²) in [6.45, 7) is 0.0395. The van der Waals surface area contributed by atoms with E-state index < -0.39 is 17.2 Å². The normalized spacial score (nSPS) is 12.4.